The first-order chi connectivity index (χ1) is 13.2. The van der Waals surface area contributed by atoms with Gasteiger partial charge < -0.3 is 4.74 Å². The molecule has 0 unspecified atom stereocenters. The maximum atomic E-state index is 13.2. The van der Waals surface area contributed by atoms with E-state index in [1.54, 1.807) is 29.6 Å². The molecule has 1 fully saturated rings. The average Bonchev–Trinajstić information content (AvgIpc) is 2.68. The van der Waals surface area contributed by atoms with E-state index >= 15 is 0 Å². The lowest BCUT2D eigenvalue weighted by Gasteiger charge is -2.34. The molecule has 0 aliphatic carbocycles. The van der Waals surface area contributed by atoms with Gasteiger partial charge in [-0.1, -0.05) is 51.1 Å². The van der Waals surface area contributed by atoms with Gasteiger partial charge in [-0.25, -0.2) is 8.42 Å². The van der Waals surface area contributed by atoms with E-state index in [1.165, 1.54) is 5.56 Å². The van der Waals surface area contributed by atoms with Gasteiger partial charge in [0.15, 0.2) is 0 Å². The van der Waals surface area contributed by atoms with Crippen LogP contribution >= 0.6 is 0 Å². The molecule has 1 aliphatic rings. The fourth-order valence-corrected chi connectivity index (χ4v) is 5.00. The molecule has 0 amide bonds. The molecule has 28 heavy (non-hydrogen) atoms. The molecule has 0 aromatic heterocycles. The Kier molecular flexibility index (Phi) is 6.12. The second-order valence-corrected chi connectivity index (χ2v) is 10.2. The third kappa shape index (κ3) is 4.57. The molecule has 2 aromatic carbocycles. The van der Waals surface area contributed by atoms with Crippen LogP contribution in [0.3, 0.4) is 0 Å². The van der Waals surface area contributed by atoms with Crippen molar-refractivity contribution >= 4 is 10.0 Å². The maximum absolute atomic E-state index is 13.2. The van der Waals surface area contributed by atoms with Crippen LogP contribution in [0, 0.1) is 0 Å². The minimum absolute atomic E-state index is 0.203. The fourth-order valence-electron chi connectivity index (χ4n) is 3.55. The number of ether oxygens (including phenoxy) is 1. The molecular formula is C22H30N2O3S. The molecule has 0 N–H and O–H groups in total. The predicted octanol–water partition coefficient (Wildman–Crippen LogP) is 3.50. The van der Waals surface area contributed by atoms with Crippen molar-refractivity contribution in [1.82, 2.24) is 9.21 Å². The maximum Gasteiger partial charge on any atom is 0.243 e. The van der Waals surface area contributed by atoms with Crippen LogP contribution in [-0.2, 0) is 22.0 Å². The Bertz CT molecular complexity index is 897. The van der Waals surface area contributed by atoms with Crippen LogP contribution < -0.4 is 4.74 Å². The second-order valence-electron chi connectivity index (χ2n) is 8.28. The summed E-state index contributed by atoms with van der Waals surface area (Å²) in [6.07, 6.45) is 0. The third-order valence-electron chi connectivity index (χ3n) is 5.20. The van der Waals surface area contributed by atoms with Crippen molar-refractivity contribution in [2.45, 2.75) is 37.6 Å². The minimum atomic E-state index is -3.51. The molecule has 1 heterocycles. The Hall–Kier alpha value is -1.89. The van der Waals surface area contributed by atoms with Crippen molar-refractivity contribution in [3.8, 4) is 5.75 Å². The van der Waals surface area contributed by atoms with Crippen molar-refractivity contribution in [2.24, 2.45) is 0 Å². The van der Waals surface area contributed by atoms with Gasteiger partial charge in [0.25, 0.3) is 0 Å². The normalized spacial score (nSPS) is 16.9. The molecule has 0 atom stereocenters. The van der Waals surface area contributed by atoms with Gasteiger partial charge in [0.05, 0.1) is 12.0 Å². The summed E-state index contributed by atoms with van der Waals surface area (Å²) in [5.41, 5.74) is 1.95. The number of benzene rings is 2. The number of nitrogens with zero attached hydrogens (tertiary/aromatic N) is 2. The van der Waals surface area contributed by atoms with E-state index < -0.39 is 10.0 Å². The molecule has 0 bridgehead atoms. The highest BCUT2D eigenvalue weighted by molar-refractivity contribution is 7.89. The van der Waals surface area contributed by atoms with Crippen LogP contribution in [0.1, 0.15) is 31.9 Å². The predicted molar refractivity (Wildman–Crippen MR) is 112 cm³/mol. The zero-order valence-electron chi connectivity index (χ0n) is 17.2. The van der Waals surface area contributed by atoms with Crippen LogP contribution in [0.5, 0.6) is 5.75 Å². The van der Waals surface area contributed by atoms with Crippen LogP contribution in [0.15, 0.2) is 53.4 Å². The summed E-state index contributed by atoms with van der Waals surface area (Å²) in [4.78, 5) is 2.64. The van der Waals surface area contributed by atoms with Crippen molar-refractivity contribution in [1.29, 1.82) is 0 Å². The molecule has 5 nitrogen and oxygen atoms in total. The molecule has 1 aliphatic heterocycles. The Morgan fingerprint density at radius 1 is 0.964 bits per heavy atom. The third-order valence-corrected chi connectivity index (χ3v) is 7.09. The van der Waals surface area contributed by atoms with E-state index in [-0.39, 0.29) is 5.41 Å². The lowest BCUT2D eigenvalue weighted by Crippen LogP contribution is -2.48. The number of hydrogen-bond donors (Lipinski definition) is 0. The van der Waals surface area contributed by atoms with Gasteiger partial charge in [-0.05, 0) is 29.2 Å². The van der Waals surface area contributed by atoms with Crippen LogP contribution in [0.4, 0.5) is 0 Å². The van der Waals surface area contributed by atoms with Gasteiger partial charge in [0.2, 0.25) is 10.0 Å². The van der Waals surface area contributed by atoms with Gasteiger partial charge in [0, 0.05) is 38.3 Å². The van der Waals surface area contributed by atoms with Crippen molar-refractivity contribution in [3.05, 3.63) is 59.7 Å². The second kappa shape index (κ2) is 8.23. The molecule has 3 rings (SSSR count). The standard InChI is InChI=1S/C22H30N2O3S/c1-22(2,3)20-16-19(10-11-21(20)27-4)28(25,26)24-14-12-23(13-15-24)17-18-8-6-5-7-9-18/h5-11,16H,12-15,17H2,1-4H3. The summed E-state index contributed by atoms with van der Waals surface area (Å²) in [6.45, 7) is 9.51. The molecule has 0 spiro atoms. The molecule has 2 aromatic rings. The van der Waals surface area contributed by atoms with E-state index in [1.807, 2.05) is 18.2 Å². The summed E-state index contributed by atoms with van der Waals surface area (Å²) >= 11 is 0. The molecule has 152 valence electrons. The fraction of sp³-hybridized carbons (Fsp3) is 0.455. The number of sulfonamides is 1. The monoisotopic (exact) mass is 402 g/mol. The van der Waals surface area contributed by atoms with Gasteiger partial charge >= 0.3 is 0 Å². The first-order valence-corrected chi connectivity index (χ1v) is 11.1. The highest BCUT2D eigenvalue weighted by Crippen LogP contribution is 2.34. The zero-order valence-corrected chi connectivity index (χ0v) is 18.0. The van der Waals surface area contributed by atoms with Crippen LogP contribution in [-0.4, -0.2) is 50.9 Å². The van der Waals surface area contributed by atoms with Crippen LogP contribution in [0.2, 0.25) is 0 Å². The van der Waals surface area contributed by atoms with Crippen LogP contribution in [0.25, 0.3) is 0 Å². The lowest BCUT2D eigenvalue weighted by atomic mass is 9.86. The Morgan fingerprint density at radius 3 is 2.18 bits per heavy atom. The van der Waals surface area contributed by atoms with E-state index in [4.69, 9.17) is 4.74 Å². The molecule has 0 radical (unpaired) electrons. The lowest BCUT2D eigenvalue weighted by molar-refractivity contribution is 0.181. The molecule has 0 saturated carbocycles. The minimum Gasteiger partial charge on any atom is -0.496 e. The number of hydrogen-bond acceptors (Lipinski definition) is 4. The summed E-state index contributed by atoms with van der Waals surface area (Å²) in [7, 11) is -1.90. The molecule has 6 heteroatoms. The largest absolute Gasteiger partial charge is 0.496 e. The number of rotatable bonds is 5. The smallest absolute Gasteiger partial charge is 0.243 e. The Balaban J connectivity index is 1.74. The summed E-state index contributed by atoms with van der Waals surface area (Å²) < 4.78 is 33.4. The van der Waals surface area contributed by atoms with Gasteiger partial charge in [0.1, 0.15) is 5.75 Å². The van der Waals surface area contributed by atoms with Gasteiger partial charge in [-0.3, -0.25) is 4.90 Å². The van der Waals surface area contributed by atoms with Gasteiger partial charge in [-0.2, -0.15) is 4.31 Å². The van der Waals surface area contributed by atoms with Crippen molar-refractivity contribution in [2.75, 3.05) is 33.3 Å². The first-order valence-electron chi connectivity index (χ1n) is 9.67. The van der Waals surface area contributed by atoms with Crippen molar-refractivity contribution < 1.29 is 13.2 Å². The summed E-state index contributed by atoms with van der Waals surface area (Å²) in [5, 5.41) is 0. The highest BCUT2D eigenvalue weighted by atomic mass is 32.2. The van der Waals surface area contributed by atoms with E-state index in [9.17, 15) is 8.42 Å². The first kappa shape index (κ1) is 20.8. The van der Waals surface area contributed by atoms with E-state index in [0.29, 0.717) is 18.0 Å². The van der Waals surface area contributed by atoms with E-state index in [0.717, 1.165) is 30.9 Å². The summed E-state index contributed by atoms with van der Waals surface area (Å²) in [6, 6.07) is 15.5. The Morgan fingerprint density at radius 2 is 1.61 bits per heavy atom. The topological polar surface area (TPSA) is 49.9 Å². The average molecular weight is 403 g/mol. The molecule has 1 saturated heterocycles. The molecular weight excluding hydrogens is 372 g/mol. The number of piperazine rings is 1. The quantitative estimate of drug-likeness (QED) is 0.768. The van der Waals surface area contributed by atoms with Gasteiger partial charge in [-0.15, -0.1) is 0 Å². The highest BCUT2D eigenvalue weighted by Gasteiger charge is 2.30. The van der Waals surface area contributed by atoms with E-state index in [2.05, 4.69) is 37.8 Å². The SMILES string of the molecule is COc1ccc(S(=O)(=O)N2CCN(Cc3ccccc3)CC2)cc1C(C)(C)C. The van der Waals surface area contributed by atoms with Crippen molar-refractivity contribution in [3.63, 3.8) is 0 Å². The summed E-state index contributed by atoms with van der Waals surface area (Å²) in [5.74, 6) is 0.721. The number of methoxy groups -OCH3 is 1. The zero-order chi connectivity index (χ0) is 20.4. The Labute approximate surface area is 169 Å².